The highest BCUT2D eigenvalue weighted by molar-refractivity contribution is 5.97. The fourth-order valence-corrected chi connectivity index (χ4v) is 1.86. The lowest BCUT2D eigenvalue weighted by Crippen LogP contribution is -2.47. The number of anilines is 1. The third kappa shape index (κ3) is 4.01. The molecule has 0 aromatic carbocycles. The number of nitrogens with one attached hydrogen (secondary N) is 2. The van der Waals surface area contributed by atoms with Gasteiger partial charge in [-0.05, 0) is 40.7 Å². The van der Waals surface area contributed by atoms with Gasteiger partial charge in [-0.1, -0.05) is 0 Å². The standard InChI is InChI=1S/C14H24N4O2/c1-8(2)16-13(19)10(5)17-14(20)12-6-11(15)7-18(12)9(3)4/h6-10H,15H2,1-5H3,(H,16,19)(H,17,20). The third-order valence-electron chi connectivity index (χ3n) is 2.83. The molecule has 6 nitrogen and oxygen atoms in total. The first kappa shape index (κ1) is 16.1. The Labute approximate surface area is 119 Å². The normalized spacial score (nSPS) is 12.6. The second-order valence-corrected chi connectivity index (χ2v) is 5.52. The lowest BCUT2D eigenvalue weighted by Gasteiger charge is -2.17. The van der Waals surface area contributed by atoms with E-state index in [-0.39, 0.29) is 23.9 Å². The van der Waals surface area contributed by atoms with E-state index in [2.05, 4.69) is 10.6 Å². The minimum atomic E-state index is -0.596. The first-order valence-electron chi connectivity index (χ1n) is 6.81. The summed E-state index contributed by atoms with van der Waals surface area (Å²) in [4.78, 5) is 24.0. The number of carbonyl (C=O) groups is 2. The molecule has 0 bridgehead atoms. The number of nitrogens with two attached hydrogens (primary N) is 1. The van der Waals surface area contributed by atoms with Crippen LogP contribution in [0.25, 0.3) is 0 Å². The summed E-state index contributed by atoms with van der Waals surface area (Å²) in [6.45, 7) is 9.33. The summed E-state index contributed by atoms with van der Waals surface area (Å²) >= 11 is 0. The summed E-state index contributed by atoms with van der Waals surface area (Å²) in [6.07, 6.45) is 1.72. The number of hydrogen-bond acceptors (Lipinski definition) is 3. The van der Waals surface area contributed by atoms with Gasteiger partial charge < -0.3 is 20.9 Å². The Hall–Kier alpha value is -1.98. The Morgan fingerprint density at radius 3 is 2.25 bits per heavy atom. The molecule has 0 saturated carbocycles. The second-order valence-electron chi connectivity index (χ2n) is 5.52. The first-order chi connectivity index (χ1) is 9.22. The van der Waals surface area contributed by atoms with Gasteiger partial charge in [0.15, 0.2) is 0 Å². The van der Waals surface area contributed by atoms with Crippen molar-refractivity contribution in [2.75, 3.05) is 5.73 Å². The van der Waals surface area contributed by atoms with Crippen LogP contribution < -0.4 is 16.4 Å². The van der Waals surface area contributed by atoms with Gasteiger partial charge in [0, 0.05) is 18.3 Å². The largest absolute Gasteiger partial charge is 0.397 e. The average Bonchev–Trinajstić information content (AvgIpc) is 2.70. The van der Waals surface area contributed by atoms with Gasteiger partial charge in [0.1, 0.15) is 11.7 Å². The molecule has 0 aliphatic rings. The smallest absolute Gasteiger partial charge is 0.268 e. The van der Waals surface area contributed by atoms with Crippen molar-refractivity contribution < 1.29 is 9.59 Å². The molecule has 2 amide bonds. The van der Waals surface area contributed by atoms with Crippen molar-refractivity contribution in [1.82, 2.24) is 15.2 Å². The van der Waals surface area contributed by atoms with Crippen molar-refractivity contribution >= 4 is 17.5 Å². The van der Waals surface area contributed by atoms with E-state index >= 15 is 0 Å². The van der Waals surface area contributed by atoms with Crippen LogP contribution in [0.3, 0.4) is 0 Å². The molecule has 0 aliphatic heterocycles. The van der Waals surface area contributed by atoms with Crippen LogP contribution >= 0.6 is 0 Å². The number of carbonyl (C=O) groups excluding carboxylic acids is 2. The highest BCUT2D eigenvalue weighted by Gasteiger charge is 2.20. The Balaban J connectivity index is 2.79. The van der Waals surface area contributed by atoms with E-state index in [9.17, 15) is 9.59 Å². The molecule has 0 radical (unpaired) electrons. The fraction of sp³-hybridized carbons (Fsp3) is 0.571. The number of nitrogen functional groups attached to an aromatic ring is 1. The molecule has 112 valence electrons. The molecule has 1 aromatic rings. The van der Waals surface area contributed by atoms with Gasteiger partial charge in [-0.3, -0.25) is 9.59 Å². The maximum atomic E-state index is 12.2. The van der Waals surface area contributed by atoms with Gasteiger partial charge in [0.25, 0.3) is 5.91 Å². The molecule has 1 aromatic heterocycles. The summed E-state index contributed by atoms with van der Waals surface area (Å²) < 4.78 is 1.79. The van der Waals surface area contributed by atoms with Crippen molar-refractivity contribution in [3.8, 4) is 0 Å². The predicted molar refractivity (Wildman–Crippen MR) is 79.4 cm³/mol. The molecule has 4 N–H and O–H groups in total. The molecular weight excluding hydrogens is 256 g/mol. The molecule has 1 heterocycles. The maximum absolute atomic E-state index is 12.2. The molecule has 1 rings (SSSR count). The predicted octanol–water partition coefficient (Wildman–Crippen LogP) is 1.29. The molecule has 1 unspecified atom stereocenters. The zero-order valence-corrected chi connectivity index (χ0v) is 12.7. The van der Waals surface area contributed by atoms with E-state index in [4.69, 9.17) is 5.73 Å². The van der Waals surface area contributed by atoms with Crippen LogP contribution in [-0.2, 0) is 4.79 Å². The molecule has 0 spiro atoms. The van der Waals surface area contributed by atoms with E-state index in [1.54, 1.807) is 23.8 Å². The molecule has 1 atom stereocenters. The van der Waals surface area contributed by atoms with Gasteiger partial charge in [-0.2, -0.15) is 0 Å². The quantitative estimate of drug-likeness (QED) is 0.759. The lowest BCUT2D eigenvalue weighted by molar-refractivity contribution is -0.123. The van der Waals surface area contributed by atoms with Gasteiger partial charge in [0.2, 0.25) is 5.91 Å². The van der Waals surface area contributed by atoms with Crippen LogP contribution in [0.1, 0.15) is 51.1 Å². The van der Waals surface area contributed by atoms with Crippen LogP contribution in [0, 0.1) is 0 Å². The Morgan fingerprint density at radius 1 is 1.15 bits per heavy atom. The van der Waals surface area contributed by atoms with Gasteiger partial charge in [-0.15, -0.1) is 0 Å². The van der Waals surface area contributed by atoms with Crippen LogP contribution in [0.5, 0.6) is 0 Å². The summed E-state index contributed by atoms with van der Waals surface area (Å²) in [7, 11) is 0. The summed E-state index contributed by atoms with van der Waals surface area (Å²) in [5, 5.41) is 5.44. The second kappa shape index (κ2) is 6.45. The molecule has 0 saturated heterocycles. The molecule has 0 aliphatic carbocycles. The number of hydrogen-bond donors (Lipinski definition) is 3. The van der Waals surface area contributed by atoms with Gasteiger partial charge in [0.05, 0.1) is 5.69 Å². The first-order valence-corrected chi connectivity index (χ1v) is 6.81. The van der Waals surface area contributed by atoms with Gasteiger partial charge in [-0.25, -0.2) is 0 Å². The maximum Gasteiger partial charge on any atom is 0.268 e. The van der Waals surface area contributed by atoms with Crippen molar-refractivity contribution in [1.29, 1.82) is 0 Å². The zero-order chi connectivity index (χ0) is 15.4. The Morgan fingerprint density at radius 2 is 1.75 bits per heavy atom. The van der Waals surface area contributed by atoms with E-state index in [0.29, 0.717) is 11.4 Å². The number of aromatic nitrogens is 1. The zero-order valence-electron chi connectivity index (χ0n) is 12.7. The summed E-state index contributed by atoms with van der Waals surface area (Å²) in [6, 6.07) is 1.18. The van der Waals surface area contributed by atoms with Crippen molar-refractivity contribution in [2.24, 2.45) is 0 Å². The summed E-state index contributed by atoms with van der Waals surface area (Å²) in [5.41, 5.74) is 6.72. The number of nitrogens with zero attached hydrogens (tertiary/aromatic N) is 1. The third-order valence-corrected chi connectivity index (χ3v) is 2.83. The van der Waals surface area contributed by atoms with E-state index in [1.165, 1.54) is 0 Å². The van der Waals surface area contributed by atoms with Crippen molar-refractivity contribution in [3.63, 3.8) is 0 Å². The topological polar surface area (TPSA) is 89.2 Å². The highest BCUT2D eigenvalue weighted by Crippen LogP contribution is 2.16. The minimum Gasteiger partial charge on any atom is -0.397 e. The molecular formula is C14H24N4O2. The fourth-order valence-electron chi connectivity index (χ4n) is 1.86. The van der Waals surface area contributed by atoms with E-state index in [1.807, 2.05) is 27.7 Å². The number of amides is 2. The van der Waals surface area contributed by atoms with E-state index < -0.39 is 6.04 Å². The van der Waals surface area contributed by atoms with Crippen molar-refractivity contribution in [2.45, 2.75) is 52.7 Å². The Bertz CT molecular complexity index is 491. The summed E-state index contributed by atoms with van der Waals surface area (Å²) in [5.74, 6) is -0.509. The minimum absolute atomic E-state index is 0.0389. The van der Waals surface area contributed by atoms with E-state index in [0.717, 1.165) is 0 Å². The Kier molecular flexibility index (Phi) is 5.19. The number of rotatable bonds is 5. The SMILES string of the molecule is CC(C)NC(=O)C(C)NC(=O)c1cc(N)cn1C(C)C. The monoisotopic (exact) mass is 280 g/mol. The lowest BCUT2D eigenvalue weighted by atomic mass is 10.2. The van der Waals surface area contributed by atoms with Gasteiger partial charge >= 0.3 is 0 Å². The molecule has 20 heavy (non-hydrogen) atoms. The van der Waals surface area contributed by atoms with Crippen LogP contribution in [0.2, 0.25) is 0 Å². The average molecular weight is 280 g/mol. The molecule has 0 fully saturated rings. The van der Waals surface area contributed by atoms with Crippen molar-refractivity contribution in [3.05, 3.63) is 18.0 Å². The molecule has 6 heteroatoms. The van der Waals surface area contributed by atoms with Crippen LogP contribution in [0.15, 0.2) is 12.3 Å². The van der Waals surface area contributed by atoms with Crippen LogP contribution in [0.4, 0.5) is 5.69 Å². The highest BCUT2D eigenvalue weighted by atomic mass is 16.2. The van der Waals surface area contributed by atoms with Crippen LogP contribution in [-0.4, -0.2) is 28.5 Å².